The minimum Gasteiger partial charge on any atom is -0.342 e. The molecule has 2 saturated heterocycles. The van der Waals surface area contributed by atoms with Gasteiger partial charge in [0.15, 0.2) is 0 Å². The summed E-state index contributed by atoms with van der Waals surface area (Å²) in [5.74, 6) is 1.51. The first-order valence-corrected chi connectivity index (χ1v) is 9.29. The average molecular weight is 315 g/mol. The molecule has 0 radical (unpaired) electrons. The Morgan fingerprint density at radius 2 is 1.87 bits per heavy atom. The molecule has 1 N–H and O–H groups in total. The van der Waals surface area contributed by atoms with Gasteiger partial charge in [0.25, 0.3) is 0 Å². The Balaban J connectivity index is 1.47. The molecular weight excluding hydrogens is 284 g/mol. The molecular formula is C20H31N2O+. The van der Waals surface area contributed by atoms with Crippen LogP contribution in [0.5, 0.6) is 0 Å². The number of benzene rings is 1. The number of hydrogen-bond acceptors (Lipinski definition) is 1. The van der Waals surface area contributed by atoms with E-state index in [2.05, 4.69) is 43.0 Å². The summed E-state index contributed by atoms with van der Waals surface area (Å²) >= 11 is 0. The van der Waals surface area contributed by atoms with Crippen molar-refractivity contribution in [1.82, 2.24) is 4.90 Å². The zero-order chi connectivity index (χ0) is 16.2. The van der Waals surface area contributed by atoms with Crippen LogP contribution < -0.4 is 4.90 Å². The predicted molar refractivity (Wildman–Crippen MR) is 93.3 cm³/mol. The highest BCUT2D eigenvalue weighted by molar-refractivity contribution is 5.79. The Kier molecular flexibility index (Phi) is 5.37. The average Bonchev–Trinajstić information content (AvgIpc) is 2.56. The number of hydrogen-bond donors (Lipinski definition) is 1. The third-order valence-electron chi connectivity index (χ3n) is 5.67. The van der Waals surface area contributed by atoms with Gasteiger partial charge in [0.05, 0.1) is 13.1 Å². The quantitative estimate of drug-likeness (QED) is 0.907. The molecule has 0 aromatic heterocycles. The van der Waals surface area contributed by atoms with E-state index in [1.54, 1.807) is 4.90 Å². The van der Waals surface area contributed by atoms with Crippen molar-refractivity contribution < 1.29 is 9.69 Å². The molecule has 23 heavy (non-hydrogen) atoms. The monoisotopic (exact) mass is 315 g/mol. The Bertz CT molecular complexity index is 526. The lowest BCUT2D eigenvalue weighted by Gasteiger charge is -2.35. The van der Waals surface area contributed by atoms with Crippen LogP contribution >= 0.6 is 0 Å². The number of carbonyl (C=O) groups excluding carboxylic acids is 1. The number of nitrogens with one attached hydrogen (secondary N) is 1. The molecule has 0 spiro atoms. The molecule has 0 unspecified atom stereocenters. The molecule has 0 aliphatic carbocycles. The highest BCUT2D eigenvalue weighted by Crippen LogP contribution is 2.20. The Hall–Kier alpha value is -1.35. The molecule has 3 heteroatoms. The molecule has 2 heterocycles. The molecule has 1 aromatic rings. The van der Waals surface area contributed by atoms with Gasteiger partial charge in [0.2, 0.25) is 5.91 Å². The standard InChI is InChI=1S/C20H30N2O/c1-16-6-12-22(13-7-16)20(23)19-8-10-21(11-9-19)15-18-5-3-4-17(2)14-18/h3-5,14,16,19H,6-13,15H2,1-2H3/p+1. The third-order valence-corrected chi connectivity index (χ3v) is 5.67. The van der Waals surface area contributed by atoms with E-state index in [4.69, 9.17) is 0 Å². The fraction of sp³-hybridized carbons (Fsp3) is 0.650. The third kappa shape index (κ3) is 4.35. The van der Waals surface area contributed by atoms with Gasteiger partial charge in [-0.25, -0.2) is 0 Å². The molecule has 3 nitrogen and oxygen atoms in total. The number of amides is 1. The van der Waals surface area contributed by atoms with E-state index < -0.39 is 0 Å². The van der Waals surface area contributed by atoms with Gasteiger partial charge in [-0.3, -0.25) is 4.79 Å². The highest BCUT2D eigenvalue weighted by Gasteiger charge is 2.31. The maximum absolute atomic E-state index is 12.7. The normalized spacial score (nSPS) is 26.3. The maximum Gasteiger partial charge on any atom is 0.226 e. The number of quaternary nitrogens is 1. The summed E-state index contributed by atoms with van der Waals surface area (Å²) < 4.78 is 0. The van der Waals surface area contributed by atoms with Gasteiger partial charge >= 0.3 is 0 Å². The van der Waals surface area contributed by atoms with Crippen molar-refractivity contribution >= 4 is 5.91 Å². The van der Waals surface area contributed by atoms with Gasteiger partial charge in [-0.05, 0) is 25.7 Å². The summed E-state index contributed by atoms with van der Waals surface area (Å²) in [6.45, 7) is 9.79. The largest absolute Gasteiger partial charge is 0.342 e. The van der Waals surface area contributed by atoms with Gasteiger partial charge in [0.1, 0.15) is 6.54 Å². The van der Waals surface area contributed by atoms with Gasteiger partial charge in [-0.1, -0.05) is 36.8 Å². The van der Waals surface area contributed by atoms with Crippen LogP contribution in [0.3, 0.4) is 0 Å². The van der Waals surface area contributed by atoms with E-state index in [0.717, 1.165) is 51.5 Å². The van der Waals surface area contributed by atoms with Gasteiger partial charge in [-0.15, -0.1) is 0 Å². The second-order valence-corrected chi connectivity index (χ2v) is 7.70. The van der Waals surface area contributed by atoms with E-state index >= 15 is 0 Å². The zero-order valence-corrected chi connectivity index (χ0v) is 14.7. The zero-order valence-electron chi connectivity index (χ0n) is 14.7. The molecule has 0 bridgehead atoms. The van der Waals surface area contributed by atoms with Gasteiger partial charge in [-0.2, -0.15) is 0 Å². The van der Waals surface area contributed by atoms with Crippen molar-refractivity contribution in [3.63, 3.8) is 0 Å². The highest BCUT2D eigenvalue weighted by atomic mass is 16.2. The van der Waals surface area contributed by atoms with Crippen LogP contribution in [0.1, 0.15) is 43.7 Å². The second-order valence-electron chi connectivity index (χ2n) is 7.70. The SMILES string of the molecule is Cc1cccc(C[NH+]2CCC(C(=O)N3CCC(C)CC3)CC2)c1. The fourth-order valence-corrected chi connectivity index (χ4v) is 4.05. The second kappa shape index (κ2) is 7.48. The summed E-state index contributed by atoms with van der Waals surface area (Å²) in [5.41, 5.74) is 2.76. The van der Waals surface area contributed by atoms with E-state index in [1.165, 1.54) is 24.0 Å². The van der Waals surface area contributed by atoms with Crippen molar-refractivity contribution in [2.75, 3.05) is 26.2 Å². The molecule has 126 valence electrons. The molecule has 0 saturated carbocycles. The molecule has 2 fully saturated rings. The minimum atomic E-state index is 0.282. The lowest BCUT2D eigenvalue weighted by Crippen LogP contribution is -3.11. The number of rotatable bonds is 3. The summed E-state index contributed by atoms with van der Waals surface area (Å²) in [5, 5.41) is 0. The number of carbonyl (C=O) groups is 1. The molecule has 1 aromatic carbocycles. The van der Waals surface area contributed by atoms with E-state index in [-0.39, 0.29) is 5.92 Å². The number of nitrogens with zero attached hydrogens (tertiary/aromatic N) is 1. The van der Waals surface area contributed by atoms with Crippen LogP contribution in [0.15, 0.2) is 24.3 Å². The topological polar surface area (TPSA) is 24.8 Å². The Morgan fingerprint density at radius 3 is 2.52 bits per heavy atom. The number of aryl methyl sites for hydroxylation is 1. The van der Waals surface area contributed by atoms with Gasteiger partial charge < -0.3 is 9.80 Å². The van der Waals surface area contributed by atoms with E-state index in [1.807, 2.05) is 0 Å². The smallest absolute Gasteiger partial charge is 0.226 e. The Labute approximate surface area is 140 Å². The first kappa shape index (κ1) is 16.5. The number of piperidine rings is 2. The van der Waals surface area contributed by atoms with Crippen molar-refractivity contribution in [3.8, 4) is 0 Å². The van der Waals surface area contributed by atoms with Crippen molar-refractivity contribution in [3.05, 3.63) is 35.4 Å². The first-order valence-electron chi connectivity index (χ1n) is 9.29. The molecule has 3 rings (SSSR count). The summed E-state index contributed by atoms with van der Waals surface area (Å²) in [4.78, 5) is 16.5. The molecule has 1 amide bonds. The molecule has 2 aliphatic heterocycles. The van der Waals surface area contributed by atoms with Crippen molar-refractivity contribution in [1.29, 1.82) is 0 Å². The fourth-order valence-electron chi connectivity index (χ4n) is 4.05. The predicted octanol–water partition coefficient (Wildman–Crippen LogP) is 2.05. The maximum atomic E-state index is 12.7. The van der Waals surface area contributed by atoms with Crippen LogP contribution in [-0.2, 0) is 11.3 Å². The lowest BCUT2D eigenvalue weighted by atomic mass is 9.92. The van der Waals surface area contributed by atoms with Crippen molar-refractivity contribution in [2.24, 2.45) is 11.8 Å². The van der Waals surface area contributed by atoms with Crippen LogP contribution in [0.2, 0.25) is 0 Å². The number of likely N-dealkylation sites (tertiary alicyclic amines) is 2. The van der Waals surface area contributed by atoms with E-state index in [0.29, 0.717) is 5.91 Å². The summed E-state index contributed by atoms with van der Waals surface area (Å²) in [6.07, 6.45) is 4.49. The molecule has 2 aliphatic rings. The van der Waals surface area contributed by atoms with Gasteiger partial charge in [0, 0.05) is 37.4 Å². The van der Waals surface area contributed by atoms with Crippen molar-refractivity contribution in [2.45, 2.75) is 46.1 Å². The van der Waals surface area contributed by atoms with Crippen LogP contribution in [0.4, 0.5) is 0 Å². The minimum absolute atomic E-state index is 0.282. The summed E-state index contributed by atoms with van der Waals surface area (Å²) in [7, 11) is 0. The molecule has 0 atom stereocenters. The van der Waals surface area contributed by atoms with Crippen LogP contribution in [0, 0.1) is 18.8 Å². The van der Waals surface area contributed by atoms with Crippen LogP contribution in [0.25, 0.3) is 0 Å². The first-order chi connectivity index (χ1) is 11.1. The van der Waals surface area contributed by atoms with E-state index in [9.17, 15) is 4.79 Å². The lowest BCUT2D eigenvalue weighted by molar-refractivity contribution is -0.919. The van der Waals surface area contributed by atoms with Crippen LogP contribution in [-0.4, -0.2) is 37.0 Å². The summed E-state index contributed by atoms with van der Waals surface area (Å²) in [6, 6.07) is 8.83. The Morgan fingerprint density at radius 1 is 1.17 bits per heavy atom.